The lowest BCUT2D eigenvalue weighted by Gasteiger charge is -2.31. The second-order valence-corrected chi connectivity index (χ2v) is 6.76. The Morgan fingerprint density at radius 1 is 1.30 bits per heavy atom. The van der Waals surface area contributed by atoms with E-state index in [0.29, 0.717) is 16.4 Å². The highest BCUT2D eigenvalue weighted by atomic mass is 32.1. The Hall–Kier alpha value is -2.08. The van der Waals surface area contributed by atoms with E-state index < -0.39 is 5.60 Å². The number of allylic oxidation sites excluding steroid dienone is 1. The van der Waals surface area contributed by atoms with E-state index in [1.165, 1.54) is 0 Å². The van der Waals surface area contributed by atoms with Gasteiger partial charge in [0.15, 0.2) is 5.11 Å². The fourth-order valence-corrected chi connectivity index (χ4v) is 2.64. The lowest BCUT2D eigenvalue weighted by Crippen LogP contribution is -2.45. The van der Waals surface area contributed by atoms with E-state index in [2.05, 4.69) is 10.6 Å². The van der Waals surface area contributed by atoms with Crippen molar-refractivity contribution in [3.63, 3.8) is 0 Å². The van der Waals surface area contributed by atoms with Crippen LogP contribution in [0.2, 0.25) is 0 Å². The van der Waals surface area contributed by atoms with Crippen LogP contribution < -0.4 is 15.4 Å². The summed E-state index contributed by atoms with van der Waals surface area (Å²) >= 11 is 5.23. The van der Waals surface area contributed by atoms with E-state index in [9.17, 15) is 4.79 Å². The summed E-state index contributed by atoms with van der Waals surface area (Å²) in [6.07, 6.45) is 0. The Labute approximate surface area is 142 Å². The third kappa shape index (κ3) is 4.22. The molecule has 1 aliphatic heterocycles. The number of benzene rings is 1. The second-order valence-electron chi connectivity index (χ2n) is 6.35. The summed E-state index contributed by atoms with van der Waals surface area (Å²) in [4.78, 5) is 12.6. The molecule has 5 nitrogen and oxygen atoms in total. The molecule has 1 unspecified atom stereocenters. The summed E-state index contributed by atoms with van der Waals surface area (Å²) in [5.41, 5.74) is 1.52. The van der Waals surface area contributed by atoms with Crippen molar-refractivity contribution in [3.8, 4) is 5.75 Å². The molecule has 2 N–H and O–H groups in total. The minimum Gasteiger partial charge on any atom is -0.497 e. The van der Waals surface area contributed by atoms with Gasteiger partial charge in [-0.2, -0.15) is 0 Å². The van der Waals surface area contributed by atoms with Crippen LogP contribution in [0.4, 0.5) is 0 Å². The number of hydrogen-bond donors (Lipinski definition) is 2. The van der Waals surface area contributed by atoms with Crippen LogP contribution in [0.3, 0.4) is 0 Å². The molecule has 2 rings (SSSR count). The van der Waals surface area contributed by atoms with Gasteiger partial charge in [-0.1, -0.05) is 12.1 Å². The summed E-state index contributed by atoms with van der Waals surface area (Å²) in [6.45, 7) is 7.35. The number of rotatable bonds is 3. The van der Waals surface area contributed by atoms with Gasteiger partial charge in [0, 0.05) is 5.70 Å². The van der Waals surface area contributed by atoms with Gasteiger partial charge in [0.2, 0.25) is 0 Å². The van der Waals surface area contributed by atoms with Crippen molar-refractivity contribution in [2.45, 2.75) is 39.3 Å². The van der Waals surface area contributed by atoms with Crippen LogP contribution in [0.15, 0.2) is 35.5 Å². The number of nitrogens with one attached hydrogen (secondary N) is 2. The average Bonchev–Trinajstić information content (AvgIpc) is 2.44. The normalized spacial score (nSPS) is 18.1. The molecular weight excluding hydrogens is 312 g/mol. The number of ether oxygens (including phenoxy) is 2. The van der Waals surface area contributed by atoms with Crippen LogP contribution in [0, 0.1) is 0 Å². The van der Waals surface area contributed by atoms with Crippen LogP contribution in [0.5, 0.6) is 5.75 Å². The largest absolute Gasteiger partial charge is 0.497 e. The molecule has 1 aromatic rings. The molecule has 0 amide bonds. The molecule has 23 heavy (non-hydrogen) atoms. The highest BCUT2D eigenvalue weighted by molar-refractivity contribution is 7.80. The first-order valence-corrected chi connectivity index (χ1v) is 7.77. The van der Waals surface area contributed by atoms with Crippen molar-refractivity contribution < 1.29 is 14.3 Å². The Balaban J connectivity index is 2.43. The first kappa shape index (κ1) is 17.3. The topological polar surface area (TPSA) is 59.6 Å². The van der Waals surface area contributed by atoms with E-state index in [-0.39, 0.29) is 12.0 Å². The maximum absolute atomic E-state index is 12.6. The van der Waals surface area contributed by atoms with Gasteiger partial charge in [-0.15, -0.1) is 0 Å². The molecule has 1 aliphatic rings. The smallest absolute Gasteiger partial charge is 0.338 e. The fraction of sp³-hybridized carbons (Fsp3) is 0.412. The number of carbonyl (C=O) groups is 1. The van der Waals surface area contributed by atoms with Crippen molar-refractivity contribution in [3.05, 3.63) is 41.1 Å². The van der Waals surface area contributed by atoms with Crippen molar-refractivity contribution in [2.75, 3.05) is 7.11 Å². The van der Waals surface area contributed by atoms with Gasteiger partial charge in [-0.05, 0) is 57.6 Å². The van der Waals surface area contributed by atoms with Gasteiger partial charge in [0.05, 0.1) is 18.7 Å². The zero-order chi connectivity index (χ0) is 17.2. The minimum atomic E-state index is -0.568. The summed E-state index contributed by atoms with van der Waals surface area (Å²) in [5.74, 6) is 0.347. The number of methoxy groups -OCH3 is 1. The predicted octanol–water partition coefficient (Wildman–Crippen LogP) is 2.83. The van der Waals surface area contributed by atoms with Crippen LogP contribution in [0.1, 0.15) is 39.3 Å². The van der Waals surface area contributed by atoms with Crippen LogP contribution >= 0.6 is 12.2 Å². The van der Waals surface area contributed by atoms with Crippen molar-refractivity contribution in [1.82, 2.24) is 10.6 Å². The number of hydrogen-bond acceptors (Lipinski definition) is 4. The number of thiocarbonyl (C=S) groups is 1. The Kier molecular flexibility index (Phi) is 4.94. The van der Waals surface area contributed by atoms with Crippen molar-refractivity contribution >= 4 is 23.3 Å². The van der Waals surface area contributed by atoms with Crippen LogP contribution in [0.25, 0.3) is 0 Å². The third-order valence-electron chi connectivity index (χ3n) is 3.32. The minimum absolute atomic E-state index is 0.370. The monoisotopic (exact) mass is 334 g/mol. The van der Waals surface area contributed by atoms with E-state index in [0.717, 1.165) is 11.3 Å². The maximum Gasteiger partial charge on any atom is 0.338 e. The molecule has 0 bridgehead atoms. The summed E-state index contributed by atoms with van der Waals surface area (Å²) in [7, 11) is 1.61. The molecule has 0 fully saturated rings. The van der Waals surface area contributed by atoms with E-state index in [4.69, 9.17) is 21.7 Å². The molecule has 1 aromatic carbocycles. The first-order valence-electron chi connectivity index (χ1n) is 7.37. The van der Waals surface area contributed by atoms with Gasteiger partial charge < -0.3 is 20.1 Å². The summed E-state index contributed by atoms with van der Waals surface area (Å²) in [6, 6.07) is 7.15. The zero-order valence-corrected chi connectivity index (χ0v) is 14.8. The molecule has 1 atom stereocenters. The Morgan fingerprint density at radius 3 is 2.61 bits per heavy atom. The lowest BCUT2D eigenvalue weighted by atomic mass is 9.95. The summed E-state index contributed by atoms with van der Waals surface area (Å²) < 4.78 is 10.8. The molecule has 0 spiro atoms. The Morgan fingerprint density at radius 2 is 2.00 bits per heavy atom. The first-order chi connectivity index (χ1) is 10.7. The fourth-order valence-electron chi connectivity index (χ4n) is 2.37. The molecule has 0 radical (unpaired) electrons. The van der Waals surface area contributed by atoms with E-state index >= 15 is 0 Å². The molecule has 124 valence electrons. The van der Waals surface area contributed by atoms with Gasteiger partial charge >= 0.3 is 5.97 Å². The van der Waals surface area contributed by atoms with Crippen molar-refractivity contribution in [1.29, 1.82) is 0 Å². The second kappa shape index (κ2) is 6.58. The molecule has 0 aromatic heterocycles. The molecule has 1 heterocycles. The standard InChI is InChI=1S/C17H22N2O3S/c1-10-13(15(20)22-17(2,3)4)14(19-16(23)18-10)11-7-6-8-12(9-11)21-5/h6-9,14H,1-5H3,(H2,18,19,23). The summed E-state index contributed by atoms with van der Waals surface area (Å²) in [5, 5.41) is 6.60. The molecule has 0 saturated heterocycles. The average molecular weight is 334 g/mol. The SMILES string of the molecule is COc1cccc(C2NC(=S)NC(C)=C2C(=O)OC(C)(C)C)c1. The van der Waals surface area contributed by atoms with Crippen LogP contribution in [-0.4, -0.2) is 23.8 Å². The molecular formula is C17H22N2O3S. The number of carbonyl (C=O) groups excluding carboxylic acids is 1. The van der Waals surface area contributed by atoms with Gasteiger partial charge in [-0.25, -0.2) is 4.79 Å². The predicted molar refractivity (Wildman–Crippen MR) is 93.1 cm³/mol. The van der Waals surface area contributed by atoms with E-state index in [1.807, 2.05) is 52.0 Å². The quantitative estimate of drug-likeness (QED) is 0.655. The Bertz CT molecular complexity index is 662. The highest BCUT2D eigenvalue weighted by Gasteiger charge is 2.33. The molecule has 0 aliphatic carbocycles. The highest BCUT2D eigenvalue weighted by Crippen LogP contribution is 2.30. The van der Waals surface area contributed by atoms with Gasteiger partial charge in [0.25, 0.3) is 0 Å². The third-order valence-corrected chi connectivity index (χ3v) is 3.53. The molecule has 0 saturated carbocycles. The van der Waals surface area contributed by atoms with Crippen LogP contribution in [-0.2, 0) is 9.53 Å². The van der Waals surface area contributed by atoms with E-state index in [1.54, 1.807) is 7.11 Å². The van der Waals surface area contributed by atoms with Crippen molar-refractivity contribution in [2.24, 2.45) is 0 Å². The van der Waals surface area contributed by atoms with Gasteiger partial charge in [-0.3, -0.25) is 0 Å². The maximum atomic E-state index is 12.6. The number of esters is 1. The van der Waals surface area contributed by atoms with Gasteiger partial charge in [0.1, 0.15) is 11.4 Å². The molecule has 6 heteroatoms. The zero-order valence-electron chi connectivity index (χ0n) is 14.0. The lowest BCUT2D eigenvalue weighted by molar-refractivity contribution is -0.150.